The van der Waals surface area contributed by atoms with Gasteiger partial charge in [0.25, 0.3) is 0 Å². The van der Waals surface area contributed by atoms with Crippen molar-refractivity contribution in [2.45, 2.75) is 26.7 Å². The number of carbonyl (C=O) groups is 1. The number of hydrogen-bond donors (Lipinski definition) is 2. The van der Waals surface area contributed by atoms with Crippen molar-refractivity contribution in [3.63, 3.8) is 0 Å². The van der Waals surface area contributed by atoms with E-state index in [0.29, 0.717) is 5.13 Å². The molecule has 9 heteroatoms. The lowest BCUT2D eigenvalue weighted by Gasteiger charge is -2.14. The first-order chi connectivity index (χ1) is 15.5. The molecule has 1 amide bonds. The summed E-state index contributed by atoms with van der Waals surface area (Å²) in [5.41, 5.74) is 6.09. The zero-order valence-electron chi connectivity index (χ0n) is 17.6. The molecule has 0 bridgehead atoms. The number of nitrogens with one attached hydrogen (secondary N) is 2. The van der Waals surface area contributed by atoms with Crippen LogP contribution in [0.25, 0.3) is 27.5 Å². The minimum Gasteiger partial charge on any atom is -0.370 e. The molecule has 3 heterocycles. The van der Waals surface area contributed by atoms with E-state index in [1.165, 1.54) is 23.8 Å². The molecule has 0 saturated heterocycles. The van der Waals surface area contributed by atoms with Crippen molar-refractivity contribution in [1.29, 1.82) is 0 Å². The zero-order valence-corrected chi connectivity index (χ0v) is 20.0. The van der Waals surface area contributed by atoms with E-state index in [2.05, 4.69) is 42.6 Å². The number of hydrogen-bond acceptors (Lipinski definition) is 6. The van der Waals surface area contributed by atoms with E-state index in [0.717, 1.165) is 62.9 Å². The van der Waals surface area contributed by atoms with Crippen LogP contribution in [-0.4, -0.2) is 32.2 Å². The van der Waals surface area contributed by atoms with Crippen molar-refractivity contribution in [1.82, 2.24) is 19.7 Å². The van der Waals surface area contributed by atoms with Crippen LogP contribution in [0.2, 0.25) is 0 Å². The summed E-state index contributed by atoms with van der Waals surface area (Å²) in [7, 11) is 0. The van der Waals surface area contributed by atoms with E-state index in [1.54, 1.807) is 0 Å². The third-order valence-corrected chi connectivity index (χ3v) is 6.81. The first-order valence-electron chi connectivity index (χ1n) is 10.4. The number of rotatable bonds is 5. The third-order valence-electron chi connectivity index (χ3n) is 5.26. The minimum atomic E-state index is -0.120. The predicted molar refractivity (Wildman–Crippen MR) is 131 cm³/mol. The fourth-order valence-corrected chi connectivity index (χ4v) is 5.27. The molecular weight excluding hydrogens is 488 g/mol. The Morgan fingerprint density at radius 3 is 2.69 bits per heavy atom. The first kappa shape index (κ1) is 20.8. The normalized spacial score (nSPS) is 12.2. The van der Waals surface area contributed by atoms with Gasteiger partial charge in [-0.15, -0.1) is 0 Å². The van der Waals surface area contributed by atoms with Gasteiger partial charge in [-0.05, 0) is 56.2 Å². The maximum atomic E-state index is 11.6. The fourth-order valence-electron chi connectivity index (χ4n) is 3.89. The number of pyridine rings is 1. The van der Waals surface area contributed by atoms with Crippen molar-refractivity contribution in [2.24, 2.45) is 0 Å². The quantitative estimate of drug-likeness (QED) is 0.381. The number of aromatic nitrogens is 4. The van der Waals surface area contributed by atoms with Gasteiger partial charge in [-0.2, -0.15) is 5.10 Å². The molecule has 0 aliphatic heterocycles. The Morgan fingerprint density at radius 1 is 1.19 bits per heavy atom. The molecule has 1 aliphatic rings. The van der Waals surface area contributed by atoms with Gasteiger partial charge in [0.1, 0.15) is 5.82 Å². The van der Waals surface area contributed by atoms with E-state index in [1.807, 2.05) is 48.1 Å². The van der Waals surface area contributed by atoms with Crippen LogP contribution in [0.3, 0.4) is 0 Å². The van der Waals surface area contributed by atoms with Gasteiger partial charge < -0.3 is 10.6 Å². The van der Waals surface area contributed by atoms with E-state index < -0.39 is 0 Å². The number of amides is 1. The van der Waals surface area contributed by atoms with Crippen LogP contribution in [0.4, 0.5) is 10.9 Å². The number of carbonyl (C=O) groups excluding carboxylic acids is 1. The van der Waals surface area contributed by atoms with Crippen LogP contribution in [0.1, 0.15) is 25.1 Å². The predicted octanol–water partition coefficient (Wildman–Crippen LogP) is 5.31. The summed E-state index contributed by atoms with van der Waals surface area (Å²) in [5.74, 6) is 0.729. The molecule has 0 unspecified atom stereocenters. The smallest absolute Gasteiger partial charge is 0.223 e. The summed E-state index contributed by atoms with van der Waals surface area (Å²) >= 11 is 5.01. The van der Waals surface area contributed by atoms with Crippen molar-refractivity contribution < 1.29 is 4.79 Å². The molecule has 0 fully saturated rings. The highest BCUT2D eigenvalue weighted by Crippen LogP contribution is 2.44. The van der Waals surface area contributed by atoms with Gasteiger partial charge in [-0.25, -0.2) is 14.6 Å². The lowest BCUT2D eigenvalue weighted by molar-refractivity contribution is -0.114. The maximum absolute atomic E-state index is 11.6. The number of nitrogens with zero attached hydrogens (tertiary/aromatic N) is 4. The third kappa shape index (κ3) is 3.82. The molecule has 162 valence electrons. The number of aryl methyl sites for hydroxylation is 1. The van der Waals surface area contributed by atoms with Gasteiger partial charge in [-0.3, -0.25) is 4.79 Å². The second-order valence-electron chi connectivity index (χ2n) is 7.50. The van der Waals surface area contributed by atoms with Crippen molar-refractivity contribution in [2.75, 3.05) is 17.2 Å². The SMILES string of the molecule is CCNc1ccc(-c2nn(-c3ccc(Br)cc3)c3c2CCc2nc(NC(C)=O)sc2-3)cn1. The number of thiazole rings is 1. The van der Waals surface area contributed by atoms with Crippen molar-refractivity contribution >= 4 is 44.1 Å². The summed E-state index contributed by atoms with van der Waals surface area (Å²) in [6, 6.07) is 12.1. The number of benzene rings is 1. The van der Waals surface area contributed by atoms with E-state index in [4.69, 9.17) is 5.10 Å². The fraction of sp³-hybridized carbons (Fsp3) is 0.217. The highest BCUT2D eigenvalue weighted by molar-refractivity contribution is 9.10. The average molecular weight is 509 g/mol. The van der Waals surface area contributed by atoms with Crippen LogP contribution in [0.5, 0.6) is 0 Å². The molecule has 2 N–H and O–H groups in total. The Hall–Kier alpha value is -3.04. The minimum absolute atomic E-state index is 0.120. The van der Waals surface area contributed by atoms with Crippen molar-refractivity contribution in [3.8, 4) is 27.5 Å². The van der Waals surface area contributed by atoms with Gasteiger partial charge >= 0.3 is 0 Å². The van der Waals surface area contributed by atoms with Crippen LogP contribution in [0.15, 0.2) is 47.1 Å². The molecular formula is C23H21BrN6OS. The summed E-state index contributed by atoms with van der Waals surface area (Å²) in [6.07, 6.45) is 3.50. The van der Waals surface area contributed by atoms with Crippen LogP contribution in [0, 0.1) is 0 Å². The Bertz CT molecular complexity index is 1290. The van der Waals surface area contributed by atoms with E-state index in [9.17, 15) is 4.79 Å². The molecule has 0 atom stereocenters. The standard InChI is InChI=1S/C23H21BrN6OS/c1-3-25-19-11-4-14(12-26-19)20-17-9-10-18-22(32-23(28-18)27-13(2)31)21(17)30(29-20)16-7-5-15(24)6-8-16/h4-8,11-12H,3,9-10H2,1-2H3,(H,25,26)(H,27,28,31). The second kappa shape index (κ2) is 8.48. The van der Waals surface area contributed by atoms with Gasteiger partial charge in [0.15, 0.2) is 5.13 Å². The van der Waals surface area contributed by atoms with Crippen LogP contribution in [-0.2, 0) is 17.6 Å². The maximum Gasteiger partial charge on any atom is 0.223 e. The molecule has 7 nitrogen and oxygen atoms in total. The molecule has 5 rings (SSSR count). The van der Waals surface area contributed by atoms with Gasteiger partial charge in [0.2, 0.25) is 5.91 Å². The Balaban J connectivity index is 1.68. The molecule has 0 saturated carbocycles. The van der Waals surface area contributed by atoms with E-state index in [-0.39, 0.29) is 5.91 Å². The second-order valence-corrected chi connectivity index (χ2v) is 9.42. The average Bonchev–Trinajstić information content (AvgIpc) is 3.35. The monoisotopic (exact) mass is 508 g/mol. The molecule has 0 radical (unpaired) electrons. The summed E-state index contributed by atoms with van der Waals surface area (Å²) in [5, 5.41) is 11.7. The zero-order chi connectivity index (χ0) is 22.2. The van der Waals surface area contributed by atoms with E-state index >= 15 is 0 Å². The van der Waals surface area contributed by atoms with Crippen molar-refractivity contribution in [3.05, 3.63) is 58.3 Å². The van der Waals surface area contributed by atoms with Crippen LogP contribution < -0.4 is 10.6 Å². The molecule has 0 spiro atoms. The molecule has 1 aromatic carbocycles. The van der Waals surface area contributed by atoms with Gasteiger partial charge in [-0.1, -0.05) is 27.3 Å². The summed E-state index contributed by atoms with van der Waals surface area (Å²) in [6.45, 7) is 4.37. The highest BCUT2D eigenvalue weighted by atomic mass is 79.9. The molecule has 1 aliphatic carbocycles. The first-order valence-corrected chi connectivity index (χ1v) is 12.0. The summed E-state index contributed by atoms with van der Waals surface area (Å²) < 4.78 is 3.00. The van der Waals surface area contributed by atoms with Gasteiger partial charge in [0.05, 0.1) is 27.6 Å². The Labute approximate surface area is 198 Å². The highest BCUT2D eigenvalue weighted by Gasteiger charge is 2.30. The molecule has 3 aromatic heterocycles. The Kier molecular flexibility index (Phi) is 5.52. The number of anilines is 2. The van der Waals surface area contributed by atoms with Crippen LogP contribution >= 0.6 is 27.3 Å². The summed E-state index contributed by atoms with van der Waals surface area (Å²) in [4.78, 5) is 21.8. The molecule has 32 heavy (non-hydrogen) atoms. The topological polar surface area (TPSA) is 84.7 Å². The largest absolute Gasteiger partial charge is 0.370 e. The lowest BCUT2D eigenvalue weighted by Crippen LogP contribution is -2.07. The lowest BCUT2D eigenvalue weighted by atomic mass is 9.95. The number of fused-ring (bicyclic) bond motifs is 3. The molecule has 4 aromatic rings. The number of halogens is 1. The van der Waals surface area contributed by atoms with Gasteiger partial charge in [0, 0.05) is 35.3 Å². The Morgan fingerprint density at radius 2 is 2.00 bits per heavy atom.